The average Bonchev–Trinajstić information content (AvgIpc) is 2.38. The molecule has 0 N–H and O–H groups in total. The fraction of sp³-hybridized carbons (Fsp3) is 0.273. The highest BCUT2D eigenvalue weighted by molar-refractivity contribution is 5.95. The van der Waals surface area contributed by atoms with Gasteiger partial charge in [-0.3, -0.25) is 14.9 Å². The molecule has 1 aromatic rings. The molecule has 7 heteroatoms. The molecule has 0 spiro atoms. The molecule has 1 heterocycles. The average molecular weight is 247 g/mol. The van der Waals surface area contributed by atoms with Crippen LogP contribution in [0, 0.1) is 21.4 Å². The number of carbonyl (C=O) groups is 1. The maximum Gasteiger partial charge on any atom is 0.289 e. The Morgan fingerprint density at radius 1 is 1.50 bits per heavy atom. The Bertz CT molecular complexity index is 550. The van der Waals surface area contributed by atoms with Crippen molar-refractivity contribution in [2.24, 2.45) is 0 Å². The molecule has 1 aromatic carbocycles. The fourth-order valence-electron chi connectivity index (χ4n) is 1.72. The summed E-state index contributed by atoms with van der Waals surface area (Å²) in [6.07, 6.45) is 0. The molecule has 2 rings (SSSR count). The molecule has 1 fully saturated rings. The predicted molar refractivity (Wildman–Crippen MR) is 61.0 cm³/mol. The monoisotopic (exact) mass is 247 g/mol. The third kappa shape index (κ3) is 2.14. The third-order valence-corrected chi connectivity index (χ3v) is 2.60. The minimum Gasteiger partial charge on any atom is -0.370 e. The first-order chi connectivity index (χ1) is 8.63. The van der Waals surface area contributed by atoms with Crippen LogP contribution in [0.4, 0.5) is 11.4 Å². The van der Waals surface area contributed by atoms with Gasteiger partial charge in [-0.2, -0.15) is 5.26 Å². The second kappa shape index (κ2) is 4.81. The zero-order chi connectivity index (χ0) is 13.1. The summed E-state index contributed by atoms with van der Waals surface area (Å²) in [5, 5.41) is 19.6. The Labute approximate surface area is 102 Å². The summed E-state index contributed by atoms with van der Waals surface area (Å²) in [6, 6.07) is 5.85. The van der Waals surface area contributed by atoms with Gasteiger partial charge in [0.05, 0.1) is 17.2 Å². The molecule has 0 saturated carbocycles. The quantitative estimate of drug-likeness (QED) is 0.569. The molecule has 7 nitrogen and oxygen atoms in total. The molecule has 1 aliphatic rings. The number of morpholine rings is 1. The molecule has 1 amide bonds. The van der Waals surface area contributed by atoms with E-state index in [1.54, 1.807) is 6.07 Å². The molecular formula is C11H9N3O4. The molecule has 0 aliphatic carbocycles. The van der Waals surface area contributed by atoms with Gasteiger partial charge in [0, 0.05) is 12.6 Å². The molecule has 18 heavy (non-hydrogen) atoms. The van der Waals surface area contributed by atoms with E-state index in [0.717, 1.165) is 0 Å². The predicted octanol–water partition coefficient (Wildman–Crippen LogP) is 0.830. The molecule has 0 unspecified atom stereocenters. The highest BCUT2D eigenvalue weighted by Crippen LogP contribution is 2.25. The number of hydrogen-bond acceptors (Lipinski definition) is 5. The normalized spacial score (nSPS) is 15.3. The summed E-state index contributed by atoms with van der Waals surface area (Å²) in [4.78, 5) is 23.2. The molecule has 0 bridgehead atoms. The number of hydrogen-bond donors (Lipinski definition) is 0. The van der Waals surface area contributed by atoms with E-state index in [1.807, 2.05) is 0 Å². The van der Waals surface area contributed by atoms with Crippen LogP contribution >= 0.6 is 0 Å². The van der Waals surface area contributed by atoms with Crippen LogP contribution in [0.1, 0.15) is 5.56 Å². The van der Waals surface area contributed by atoms with Crippen LogP contribution in [0.5, 0.6) is 0 Å². The van der Waals surface area contributed by atoms with Gasteiger partial charge in [-0.25, -0.2) is 0 Å². The number of nitrogens with zero attached hydrogens (tertiary/aromatic N) is 3. The zero-order valence-corrected chi connectivity index (χ0v) is 9.33. The Hall–Kier alpha value is -2.46. The summed E-state index contributed by atoms with van der Waals surface area (Å²) < 4.78 is 4.98. The number of nitro groups is 1. The number of ether oxygens (including phenoxy) is 1. The van der Waals surface area contributed by atoms with Gasteiger partial charge in [-0.05, 0) is 12.1 Å². The second-order valence-electron chi connectivity index (χ2n) is 3.67. The Morgan fingerprint density at radius 2 is 2.28 bits per heavy atom. The zero-order valence-electron chi connectivity index (χ0n) is 9.33. The van der Waals surface area contributed by atoms with Gasteiger partial charge < -0.3 is 9.64 Å². The Kier molecular flexibility index (Phi) is 3.21. The molecule has 92 valence electrons. The summed E-state index contributed by atoms with van der Waals surface area (Å²) in [7, 11) is 0. The van der Waals surface area contributed by atoms with Gasteiger partial charge in [0.1, 0.15) is 18.2 Å². The lowest BCUT2D eigenvalue weighted by Crippen LogP contribution is -2.41. The Morgan fingerprint density at radius 3 is 2.89 bits per heavy atom. The van der Waals surface area contributed by atoms with Crippen molar-refractivity contribution in [2.75, 3.05) is 24.7 Å². The summed E-state index contributed by atoms with van der Waals surface area (Å²) in [6.45, 7) is 0.704. The largest absolute Gasteiger partial charge is 0.370 e. The molecular weight excluding hydrogens is 238 g/mol. The number of carbonyl (C=O) groups excluding carboxylic acids is 1. The first kappa shape index (κ1) is 12.0. The van der Waals surface area contributed by atoms with Gasteiger partial charge in [0.15, 0.2) is 0 Å². The van der Waals surface area contributed by atoms with Gasteiger partial charge in [0.25, 0.3) is 11.6 Å². The van der Waals surface area contributed by atoms with E-state index in [2.05, 4.69) is 0 Å². The third-order valence-electron chi connectivity index (χ3n) is 2.60. The summed E-state index contributed by atoms with van der Waals surface area (Å²) >= 11 is 0. The van der Waals surface area contributed by atoms with Crippen LogP contribution < -0.4 is 4.90 Å². The lowest BCUT2D eigenvalue weighted by Gasteiger charge is -2.26. The van der Waals surface area contributed by atoms with Crippen LogP contribution in [0.2, 0.25) is 0 Å². The van der Waals surface area contributed by atoms with Crippen molar-refractivity contribution in [2.45, 2.75) is 0 Å². The van der Waals surface area contributed by atoms with Crippen LogP contribution in [-0.4, -0.2) is 30.6 Å². The standard InChI is InChI=1S/C11H9N3O4/c12-6-8-1-2-9(5-10(8)14(16)17)13-3-4-18-7-11(13)15/h1-2,5H,3-4,7H2. The van der Waals surface area contributed by atoms with Crippen LogP contribution in [-0.2, 0) is 9.53 Å². The SMILES string of the molecule is N#Cc1ccc(N2CCOCC2=O)cc1[N+](=O)[O-]. The van der Waals surface area contributed by atoms with Crippen molar-refractivity contribution in [3.05, 3.63) is 33.9 Å². The number of nitriles is 1. The van der Waals surface area contributed by atoms with E-state index in [9.17, 15) is 14.9 Å². The van der Waals surface area contributed by atoms with Crippen LogP contribution in [0.3, 0.4) is 0 Å². The van der Waals surface area contributed by atoms with Crippen molar-refractivity contribution in [3.8, 4) is 6.07 Å². The molecule has 0 aromatic heterocycles. The molecule has 0 radical (unpaired) electrons. The highest BCUT2D eigenvalue weighted by Gasteiger charge is 2.23. The van der Waals surface area contributed by atoms with E-state index >= 15 is 0 Å². The second-order valence-corrected chi connectivity index (χ2v) is 3.67. The lowest BCUT2D eigenvalue weighted by molar-refractivity contribution is -0.385. The maximum atomic E-state index is 11.6. The van der Waals surface area contributed by atoms with Gasteiger partial charge >= 0.3 is 0 Å². The molecule has 1 saturated heterocycles. The van der Waals surface area contributed by atoms with E-state index in [1.165, 1.54) is 23.1 Å². The smallest absolute Gasteiger partial charge is 0.289 e. The lowest BCUT2D eigenvalue weighted by atomic mass is 10.1. The number of amides is 1. The maximum absolute atomic E-state index is 11.6. The summed E-state index contributed by atoms with van der Waals surface area (Å²) in [5.74, 6) is -0.250. The van der Waals surface area contributed by atoms with Gasteiger partial charge in [-0.1, -0.05) is 0 Å². The van der Waals surface area contributed by atoms with E-state index in [4.69, 9.17) is 10.00 Å². The number of nitro benzene ring substituents is 1. The van der Waals surface area contributed by atoms with Crippen molar-refractivity contribution >= 4 is 17.3 Å². The van der Waals surface area contributed by atoms with E-state index in [0.29, 0.717) is 18.8 Å². The van der Waals surface area contributed by atoms with Gasteiger partial charge in [-0.15, -0.1) is 0 Å². The van der Waals surface area contributed by atoms with Crippen LogP contribution in [0.25, 0.3) is 0 Å². The molecule has 1 aliphatic heterocycles. The first-order valence-corrected chi connectivity index (χ1v) is 5.20. The van der Waals surface area contributed by atoms with E-state index in [-0.39, 0.29) is 23.8 Å². The van der Waals surface area contributed by atoms with Gasteiger partial charge in [0.2, 0.25) is 0 Å². The summed E-state index contributed by atoms with van der Waals surface area (Å²) in [5.41, 5.74) is 0.0905. The highest BCUT2D eigenvalue weighted by atomic mass is 16.6. The topological polar surface area (TPSA) is 96.5 Å². The number of anilines is 1. The van der Waals surface area contributed by atoms with Crippen molar-refractivity contribution in [3.63, 3.8) is 0 Å². The minimum atomic E-state index is -0.632. The van der Waals surface area contributed by atoms with Crippen molar-refractivity contribution < 1.29 is 14.5 Å². The Balaban J connectivity index is 2.40. The van der Waals surface area contributed by atoms with Crippen molar-refractivity contribution in [1.82, 2.24) is 0 Å². The molecule has 0 atom stereocenters. The number of rotatable bonds is 2. The van der Waals surface area contributed by atoms with E-state index < -0.39 is 4.92 Å². The number of benzene rings is 1. The first-order valence-electron chi connectivity index (χ1n) is 5.20. The van der Waals surface area contributed by atoms with Crippen molar-refractivity contribution in [1.29, 1.82) is 5.26 Å². The minimum absolute atomic E-state index is 0.0236. The van der Waals surface area contributed by atoms with Crippen LogP contribution in [0.15, 0.2) is 18.2 Å². The fourth-order valence-corrected chi connectivity index (χ4v) is 1.72.